The Hall–Kier alpha value is -0.740. The van der Waals surface area contributed by atoms with Crippen LogP contribution in [-0.2, 0) is 32.1 Å². The Morgan fingerprint density at radius 1 is 1.43 bits per heavy atom. The standard InChI is InChI=1S/C12H22N2O5S2/c1-10(9-20(3)15)14-21(16,17)12-5-4-11(19-12)8-13-6-7-18-2/h4-5,10,13-14H,6-9H2,1-3H3. The Labute approximate surface area is 127 Å². The molecule has 0 aliphatic heterocycles. The maximum Gasteiger partial charge on any atom is 0.274 e. The van der Waals surface area contributed by atoms with E-state index in [1.165, 1.54) is 12.3 Å². The average Bonchev–Trinajstić information content (AvgIpc) is 2.82. The van der Waals surface area contributed by atoms with Crippen molar-refractivity contribution < 1.29 is 21.8 Å². The average molecular weight is 338 g/mol. The fraction of sp³-hybridized carbons (Fsp3) is 0.667. The van der Waals surface area contributed by atoms with E-state index in [2.05, 4.69) is 10.0 Å². The second-order valence-electron chi connectivity index (χ2n) is 4.65. The summed E-state index contributed by atoms with van der Waals surface area (Å²) in [6.45, 7) is 3.30. The van der Waals surface area contributed by atoms with E-state index in [-0.39, 0.29) is 10.8 Å². The van der Waals surface area contributed by atoms with Crippen molar-refractivity contribution in [1.82, 2.24) is 10.0 Å². The molecule has 2 N–H and O–H groups in total. The van der Waals surface area contributed by atoms with Crippen LogP contribution in [0.5, 0.6) is 0 Å². The highest BCUT2D eigenvalue weighted by Gasteiger charge is 2.21. The lowest BCUT2D eigenvalue weighted by Gasteiger charge is -2.11. The Kier molecular flexibility index (Phi) is 7.53. The molecule has 2 atom stereocenters. The molecule has 1 aromatic rings. The molecule has 7 nitrogen and oxygen atoms in total. The lowest BCUT2D eigenvalue weighted by molar-refractivity contribution is 0.198. The van der Waals surface area contributed by atoms with Crippen LogP contribution in [0.2, 0.25) is 0 Å². The van der Waals surface area contributed by atoms with Gasteiger partial charge in [-0.2, -0.15) is 0 Å². The molecule has 1 aromatic heterocycles. The predicted molar refractivity (Wildman–Crippen MR) is 81.0 cm³/mol. The number of ether oxygens (including phenoxy) is 1. The summed E-state index contributed by atoms with van der Waals surface area (Å²) in [5.74, 6) is 0.781. The van der Waals surface area contributed by atoms with Crippen molar-refractivity contribution in [2.45, 2.75) is 24.6 Å². The molecular weight excluding hydrogens is 316 g/mol. The van der Waals surface area contributed by atoms with Gasteiger partial charge in [-0.3, -0.25) is 4.21 Å². The van der Waals surface area contributed by atoms with Gasteiger partial charge in [0.2, 0.25) is 5.09 Å². The van der Waals surface area contributed by atoms with Crippen LogP contribution in [0.25, 0.3) is 0 Å². The molecule has 2 unspecified atom stereocenters. The highest BCUT2D eigenvalue weighted by atomic mass is 32.2. The number of hydrogen-bond acceptors (Lipinski definition) is 6. The number of hydrogen-bond donors (Lipinski definition) is 2. The van der Waals surface area contributed by atoms with Gasteiger partial charge in [0.05, 0.1) is 13.2 Å². The molecule has 0 fully saturated rings. The molecular formula is C12H22N2O5S2. The summed E-state index contributed by atoms with van der Waals surface area (Å²) in [6, 6.07) is 2.59. The molecule has 9 heteroatoms. The van der Waals surface area contributed by atoms with E-state index in [0.29, 0.717) is 25.5 Å². The predicted octanol–water partition coefficient (Wildman–Crippen LogP) is 0.0609. The van der Waals surface area contributed by atoms with Crippen molar-refractivity contribution in [2.75, 3.05) is 32.3 Å². The number of rotatable bonds is 10. The highest BCUT2D eigenvalue weighted by Crippen LogP contribution is 2.14. The number of sulfonamides is 1. The quantitative estimate of drug-likeness (QED) is 0.586. The molecule has 0 bridgehead atoms. The van der Waals surface area contributed by atoms with E-state index in [1.54, 1.807) is 20.1 Å². The molecule has 0 saturated heterocycles. The lowest BCUT2D eigenvalue weighted by Crippen LogP contribution is -2.36. The van der Waals surface area contributed by atoms with Gasteiger partial charge in [-0.15, -0.1) is 0 Å². The van der Waals surface area contributed by atoms with Crippen molar-refractivity contribution in [2.24, 2.45) is 0 Å². The minimum Gasteiger partial charge on any atom is -0.447 e. The summed E-state index contributed by atoms with van der Waals surface area (Å²) in [6.07, 6.45) is 1.53. The van der Waals surface area contributed by atoms with Gasteiger partial charge in [0.25, 0.3) is 10.0 Å². The Balaban J connectivity index is 2.59. The van der Waals surface area contributed by atoms with Gasteiger partial charge >= 0.3 is 0 Å². The molecule has 21 heavy (non-hydrogen) atoms. The third-order valence-electron chi connectivity index (χ3n) is 2.53. The van der Waals surface area contributed by atoms with Gasteiger partial charge in [-0.25, -0.2) is 13.1 Å². The van der Waals surface area contributed by atoms with E-state index in [9.17, 15) is 12.6 Å². The number of nitrogens with one attached hydrogen (secondary N) is 2. The summed E-state index contributed by atoms with van der Waals surface area (Å²) in [4.78, 5) is 0. The molecule has 1 heterocycles. The number of methoxy groups -OCH3 is 1. The minimum absolute atomic E-state index is 0.139. The summed E-state index contributed by atoms with van der Waals surface area (Å²) in [5, 5.41) is 2.92. The molecule has 0 amide bonds. The molecule has 0 spiro atoms. The van der Waals surface area contributed by atoms with Crippen molar-refractivity contribution in [3.63, 3.8) is 0 Å². The fourth-order valence-corrected chi connectivity index (χ4v) is 3.78. The first-order chi connectivity index (χ1) is 9.85. The third kappa shape index (κ3) is 6.70. The second-order valence-corrected chi connectivity index (χ2v) is 7.78. The lowest BCUT2D eigenvalue weighted by atomic mass is 10.4. The van der Waals surface area contributed by atoms with Crippen LogP contribution in [0, 0.1) is 0 Å². The van der Waals surface area contributed by atoms with Crippen molar-refractivity contribution in [3.8, 4) is 0 Å². The minimum atomic E-state index is -3.72. The first-order valence-corrected chi connectivity index (χ1v) is 9.67. The topological polar surface area (TPSA) is 97.6 Å². The van der Waals surface area contributed by atoms with E-state index in [0.717, 1.165) is 0 Å². The summed E-state index contributed by atoms with van der Waals surface area (Å²) in [7, 11) is -3.18. The smallest absolute Gasteiger partial charge is 0.274 e. The summed E-state index contributed by atoms with van der Waals surface area (Å²) >= 11 is 0. The van der Waals surface area contributed by atoms with E-state index in [4.69, 9.17) is 9.15 Å². The zero-order valence-electron chi connectivity index (χ0n) is 12.4. The third-order valence-corrected chi connectivity index (χ3v) is 4.96. The van der Waals surface area contributed by atoms with Crippen LogP contribution in [0.1, 0.15) is 12.7 Å². The first kappa shape index (κ1) is 18.3. The van der Waals surface area contributed by atoms with Crippen LogP contribution in [0.15, 0.2) is 21.6 Å². The van der Waals surface area contributed by atoms with Crippen LogP contribution in [-0.4, -0.2) is 50.9 Å². The monoisotopic (exact) mass is 338 g/mol. The van der Waals surface area contributed by atoms with Crippen LogP contribution < -0.4 is 10.0 Å². The molecule has 0 radical (unpaired) electrons. The normalized spacial score (nSPS) is 15.0. The van der Waals surface area contributed by atoms with Crippen molar-refractivity contribution >= 4 is 20.8 Å². The molecule has 0 aliphatic rings. The number of furan rings is 1. The van der Waals surface area contributed by atoms with Crippen LogP contribution in [0.3, 0.4) is 0 Å². The first-order valence-electron chi connectivity index (χ1n) is 6.46. The Bertz CT molecular complexity index is 556. The molecule has 0 aliphatic carbocycles. The van der Waals surface area contributed by atoms with Gasteiger partial charge in [0.15, 0.2) is 0 Å². The van der Waals surface area contributed by atoms with Gasteiger partial charge in [-0.1, -0.05) is 0 Å². The molecule has 1 rings (SSSR count). The molecule has 0 saturated carbocycles. The Morgan fingerprint density at radius 3 is 2.76 bits per heavy atom. The zero-order valence-corrected chi connectivity index (χ0v) is 14.1. The van der Waals surface area contributed by atoms with Gasteiger partial charge in [0.1, 0.15) is 5.76 Å². The van der Waals surface area contributed by atoms with Crippen LogP contribution in [0.4, 0.5) is 0 Å². The molecule has 122 valence electrons. The maximum absolute atomic E-state index is 12.1. The van der Waals surface area contributed by atoms with E-state index < -0.39 is 26.9 Å². The summed E-state index contributed by atoms with van der Waals surface area (Å²) in [5.41, 5.74) is 0. The van der Waals surface area contributed by atoms with Gasteiger partial charge < -0.3 is 14.5 Å². The highest BCUT2D eigenvalue weighted by molar-refractivity contribution is 7.89. The maximum atomic E-state index is 12.1. The fourth-order valence-electron chi connectivity index (χ4n) is 1.69. The van der Waals surface area contributed by atoms with Crippen molar-refractivity contribution in [3.05, 3.63) is 17.9 Å². The SMILES string of the molecule is COCCNCc1ccc(S(=O)(=O)NC(C)CS(C)=O)o1. The van der Waals surface area contributed by atoms with E-state index in [1.807, 2.05) is 0 Å². The second kappa shape index (κ2) is 8.64. The molecule has 0 aromatic carbocycles. The van der Waals surface area contributed by atoms with Crippen molar-refractivity contribution in [1.29, 1.82) is 0 Å². The zero-order chi connectivity index (χ0) is 15.9. The Morgan fingerprint density at radius 2 is 2.14 bits per heavy atom. The van der Waals surface area contributed by atoms with E-state index >= 15 is 0 Å². The van der Waals surface area contributed by atoms with Gasteiger partial charge in [-0.05, 0) is 19.1 Å². The largest absolute Gasteiger partial charge is 0.447 e. The van der Waals surface area contributed by atoms with Gasteiger partial charge in [0, 0.05) is 42.5 Å². The van der Waals surface area contributed by atoms with Crippen LogP contribution >= 0.6 is 0 Å². The summed E-state index contributed by atoms with van der Waals surface area (Å²) < 4.78 is 47.9.